The quantitative estimate of drug-likeness (QED) is 0.252. The molecule has 0 amide bonds. The van der Waals surface area contributed by atoms with E-state index in [1.165, 1.54) is 0 Å². The number of hydrogen-bond donors (Lipinski definition) is 3. The molecule has 5 heteroatoms. The Labute approximate surface area is 162 Å². The summed E-state index contributed by atoms with van der Waals surface area (Å²) in [4.78, 5) is 12.9. The molecule has 0 bridgehead atoms. The molecule has 0 saturated heterocycles. The first-order chi connectivity index (χ1) is 12.8. The van der Waals surface area contributed by atoms with Crippen molar-refractivity contribution in [3.05, 3.63) is 87.1 Å². The van der Waals surface area contributed by atoms with Gasteiger partial charge in [-0.05, 0) is 76.2 Å². The zero-order chi connectivity index (χ0) is 19.6. The predicted molar refractivity (Wildman–Crippen MR) is 110 cm³/mol. The number of carbonyl (C=O) groups is 1. The molecule has 1 heterocycles. The number of phenols is 2. The fourth-order valence-electron chi connectivity index (χ4n) is 2.91. The number of nitrogens with two attached hydrogens (primary N) is 1. The van der Waals surface area contributed by atoms with Crippen LogP contribution >= 0.6 is 11.3 Å². The molecule has 1 aromatic heterocycles. The molecule has 4 nitrogen and oxygen atoms in total. The second-order valence-electron chi connectivity index (χ2n) is 6.62. The van der Waals surface area contributed by atoms with Crippen LogP contribution in [0.4, 0.5) is 5.69 Å². The minimum atomic E-state index is -0.355. The summed E-state index contributed by atoms with van der Waals surface area (Å²) in [6.07, 6.45) is 0.910. The van der Waals surface area contributed by atoms with Crippen LogP contribution in [-0.2, 0) is 12.8 Å². The van der Waals surface area contributed by atoms with Gasteiger partial charge in [-0.15, -0.1) is 0 Å². The smallest absolute Gasteiger partial charge is 0.192 e. The van der Waals surface area contributed by atoms with E-state index < -0.39 is 0 Å². The number of benzene rings is 2. The molecule has 0 saturated carbocycles. The van der Waals surface area contributed by atoms with E-state index in [1.54, 1.807) is 42.5 Å². The molecule has 0 unspecified atom stereocenters. The Kier molecular flexibility index (Phi) is 5.33. The molecular weight excluding hydrogens is 358 g/mol. The van der Waals surface area contributed by atoms with Crippen molar-refractivity contribution >= 4 is 22.8 Å². The lowest BCUT2D eigenvalue weighted by atomic mass is 9.94. The van der Waals surface area contributed by atoms with E-state index in [9.17, 15) is 15.0 Å². The third-order valence-corrected chi connectivity index (χ3v) is 5.18. The summed E-state index contributed by atoms with van der Waals surface area (Å²) in [6.45, 7) is 5.68. The van der Waals surface area contributed by atoms with Crippen molar-refractivity contribution in [2.24, 2.45) is 0 Å². The van der Waals surface area contributed by atoms with Crippen molar-refractivity contribution in [2.75, 3.05) is 5.73 Å². The number of rotatable bonds is 6. The maximum absolute atomic E-state index is 12.9. The summed E-state index contributed by atoms with van der Waals surface area (Å²) in [7, 11) is 0. The highest BCUT2D eigenvalue weighted by Crippen LogP contribution is 2.31. The molecule has 0 fully saturated rings. The first kappa shape index (κ1) is 18.7. The van der Waals surface area contributed by atoms with Gasteiger partial charge in [0.1, 0.15) is 11.5 Å². The van der Waals surface area contributed by atoms with E-state index in [2.05, 4.69) is 6.58 Å². The van der Waals surface area contributed by atoms with Gasteiger partial charge in [-0.1, -0.05) is 18.7 Å². The number of Topliss-reactive ketones (excluding diaryl/α,β-unsaturated/α-hetero) is 1. The minimum absolute atomic E-state index is 0.154. The highest BCUT2D eigenvalue weighted by atomic mass is 32.1. The van der Waals surface area contributed by atoms with Crippen molar-refractivity contribution in [3.63, 3.8) is 0 Å². The SMILES string of the molecule is C=C(Cc1ccc(C)c(O)c1)C(=O)c1cc(Cc2ccsc2)cc(N)c1O. The largest absolute Gasteiger partial charge is 0.508 e. The molecule has 3 aromatic rings. The third-order valence-electron chi connectivity index (χ3n) is 4.44. The molecule has 2 aromatic carbocycles. The lowest BCUT2D eigenvalue weighted by Crippen LogP contribution is -2.08. The highest BCUT2D eigenvalue weighted by Gasteiger charge is 2.18. The zero-order valence-electron chi connectivity index (χ0n) is 15.0. The number of thiophene rings is 1. The first-order valence-electron chi connectivity index (χ1n) is 8.48. The van der Waals surface area contributed by atoms with Crippen LogP contribution in [0.15, 0.2) is 59.3 Å². The normalized spacial score (nSPS) is 10.7. The first-order valence-corrected chi connectivity index (χ1v) is 9.43. The molecule has 0 spiro atoms. The Balaban J connectivity index is 1.85. The number of hydrogen-bond acceptors (Lipinski definition) is 5. The lowest BCUT2D eigenvalue weighted by molar-refractivity contribution is 0.103. The molecule has 0 aliphatic rings. The van der Waals surface area contributed by atoms with Gasteiger partial charge < -0.3 is 15.9 Å². The molecule has 0 radical (unpaired) electrons. The summed E-state index contributed by atoms with van der Waals surface area (Å²) < 4.78 is 0. The van der Waals surface area contributed by atoms with Crippen molar-refractivity contribution < 1.29 is 15.0 Å². The topological polar surface area (TPSA) is 83.5 Å². The van der Waals surface area contributed by atoms with Crippen LogP contribution in [0.3, 0.4) is 0 Å². The maximum atomic E-state index is 12.9. The van der Waals surface area contributed by atoms with Gasteiger partial charge in [-0.3, -0.25) is 4.79 Å². The number of anilines is 1. The Morgan fingerprint density at radius 2 is 1.89 bits per heavy atom. The molecule has 27 heavy (non-hydrogen) atoms. The third kappa shape index (κ3) is 4.20. The molecule has 3 rings (SSSR count). The summed E-state index contributed by atoms with van der Waals surface area (Å²) in [5, 5.41) is 24.2. The number of aromatic hydroxyl groups is 2. The summed E-state index contributed by atoms with van der Waals surface area (Å²) >= 11 is 1.60. The van der Waals surface area contributed by atoms with Crippen molar-refractivity contribution in [2.45, 2.75) is 19.8 Å². The Hall–Kier alpha value is -3.05. The van der Waals surface area contributed by atoms with Crippen LogP contribution in [0.2, 0.25) is 0 Å². The fourth-order valence-corrected chi connectivity index (χ4v) is 3.57. The van der Waals surface area contributed by atoms with Gasteiger partial charge in [0.25, 0.3) is 0 Å². The van der Waals surface area contributed by atoms with Gasteiger partial charge >= 0.3 is 0 Å². The molecule has 138 valence electrons. The molecule has 0 atom stereocenters. The fraction of sp³-hybridized carbons (Fsp3) is 0.136. The van der Waals surface area contributed by atoms with Gasteiger partial charge in [0.2, 0.25) is 0 Å². The molecule has 0 aliphatic heterocycles. The molecular formula is C22H21NO3S. The second kappa shape index (κ2) is 7.68. The van der Waals surface area contributed by atoms with E-state index in [-0.39, 0.29) is 35.0 Å². The second-order valence-corrected chi connectivity index (χ2v) is 7.40. The Bertz CT molecular complexity index is 1010. The van der Waals surface area contributed by atoms with Crippen molar-refractivity contribution in [1.82, 2.24) is 0 Å². The van der Waals surface area contributed by atoms with Gasteiger partial charge in [-0.2, -0.15) is 11.3 Å². The number of phenolic OH excluding ortho intramolecular Hbond substituents is 2. The predicted octanol–water partition coefficient (Wildman–Crippen LogP) is 4.62. The van der Waals surface area contributed by atoms with E-state index in [4.69, 9.17) is 5.73 Å². The zero-order valence-corrected chi connectivity index (χ0v) is 15.8. The van der Waals surface area contributed by atoms with Gasteiger partial charge in [0.05, 0.1) is 11.3 Å². The van der Waals surface area contributed by atoms with Crippen LogP contribution < -0.4 is 5.73 Å². The number of carbonyl (C=O) groups excluding carboxylic acids is 1. The Morgan fingerprint density at radius 3 is 2.56 bits per heavy atom. The Morgan fingerprint density at radius 1 is 1.11 bits per heavy atom. The number of nitrogen functional groups attached to an aromatic ring is 1. The summed E-state index contributed by atoms with van der Waals surface area (Å²) in [5.74, 6) is -0.397. The minimum Gasteiger partial charge on any atom is -0.508 e. The van der Waals surface area contributed by atoms with Crippen LogP contribution in [0.25, 0.3) is 0 Å². The van der Waals surface area contributed by atoms with E-state index >= 15 is 0 Å². The van der Waals surface area contributed by atoms with Gasteiger partial charge in [0, 0.05) is 6.42 Å². The summed E-state index contributed by atoms with van der Waals surface area (Å²) in [5.41, 5.74) is 10.1. The number of ketones is 1. The number of allylic oxidation sites excluding steroid dienone is 1. The summed E-state index contributed by atoms with van der Waals surface area (Å²) in [6, 6.07) is 10.6. The molecule has 4 N–H and O–H groups in total. The lowest BCUT2D eigenvalue weighted by Gasteiger charge is -2.12. The van der Waals surface area contributed by atoms with E-state index in [1.807, 2.05) is 22.9 Å². The monoisotopic (exact) mass is 379 g/mol. The van der Waals surface area contributed by atoms with Crippen LogP contribution in [0.1, 0.15) is 32.6 Å². The highest BCUT2D eigenvalue weighted by molar-refractivity contribution is 7.07. The van der Waals surface area contributed by atoms with Crippen molar-refractivity contribution in [1.29, 1.82) is 0 Å². The average Bonchev–Trinajstić information content (AvgIpc) is 3.13. The van der Waals surface area contributed by atoms with Crippen LogP contribution in [0.5, 0.6) is 11.5 Å². The van der Waals surface area contributed by atoms with Crippen LogP contribution in [0, 0.1) is 6.92 Å². The van der Waals surface area contributed by atoms with Gasteiger partial charge in [0.15, 0.2) is 5.78 Å². The maximum Gasteiger partial charge on any atom is 0.192 e. The molecule has 0 aliphatic carbocycles. The van der Waals surface area contributed by atoms with E-state index in [0.717, 1.165) is 22.3 Å². The number of aryl methyl sites for hydroxylation is 1. The van der Waals surface area contributed by atoms with E-state index in [0.29, 0.717) is 12.0 Å². The van der Waals surface area contributed by atoms with Gasteiger partial charge in [-0.25, -0.2) is 0 Å². The average molecular weight is 379 g/mol. The van der Waals surface area contributed by atoms with Crippen molar-refractivity contribution in [3.8, 4) is 11.5 Å². The standard InChI is InChI=1S/C22H21NO3S/c1-13-3-4-15(11-20(13)24)7-14(2)21(25)18-9-17(10-19(23)22(18)26)8-16-5-6-27-12-16/h3-6,9-12,24,26H,2,7-8,23H2,1H3. The van der Waals surface area contributed by atoms with Crippen LogP contribution in [-0.4, -0.2) is 16.0 Å².